The molecule has 0 spiro atoms. The lowest BCUT2D eigenvalue weighted by molar-refractivity contribution is 0.0561. The quantitative estimate of drug-likeness (QED) is 0.902. The summed E-state index contributed by atoms with van der Waals surface area (Å²) in [4.78, 5) is 23.5. The van der Waals surface area contributed by atoms with Gasteiger partial charge >= 0.3 is 6.03 Å². The minimum Gasteiger partial charge on any atom is -0.375 e. The van der Waals surface area contributed by atoms with Gasteiger partial charge in [-0.2, -0.15) is 0 Å². The summed E-state index contributed by atoms with van der Waals surface area (Å²) in [5, 5.41) is 4.17. The van der Waals surface area contributed by atoms with Gasteiger partial charge in [-0.05, 0) is 57.4 Å². The van der Waals surface area contributed by atoms with Gasteiger partial charge in [0, 0.05) is 48.7 Å². The number of hydrogen-bond acceptors (Lipinski definition) is 4. The molecule has 2 saturated heterocycles. The van der Waals surface area contributed by atoms with Gasteiger partial charge in [0.2, 0.25) is 0 Å². The molecule has 6 heteroatoms. The molecule has 2 fully saturated rings. The number of aromatic nitrogens is 2. The molecule has 2 aliphatic heterocycles. The van der Waals surface area contributed by atoms with Crippen LogP contribution in [0, 0.1) is 5.92 Å². The minimum absolute atomic E-state index is 0.0494. The Hall–Kier alpha value is -2.21. The van der Waals surface area contributed by atoms with Crippen LogP contribution in [0.5, 0.6) is 0 Å². The Kier molecular flexibility index (Phi) is 5.25. The van der Waals surface area contributed by atoms with Gasteiger partial charge in [-0.15, -0.1) is 0 Å². The predicted octanol–water partition coefficient (Wildman–Crippen LogP) is 3.33. The molecule has 0 radical (unpaired) electrons. The topological polar surface area (TPSA) is 67.4 Å². The molecule has 1 N–H and O–H groups in total. The Labute approximate surface area is 160 Å². The van der Waals surface area contributed by atoms with Crippen LogP contribution in [0.4, 0.5) is 4.79 Å². The first kappa shape index (κ1) is 18.2. The number of amides is 2. The molecular weight excluding hydrogens is 340 g/mol. The average molecular weight is 368 g/mol. The fourth-order valence-electron chi connectivity index (χ4n) is 4.30. The summed E-state index contributed by atoms with van der Waals surface area (Å²) in [6.45, 7) is 6.43. The molecule has 4 rings (SSSR count). The smallest absolute Gasteiger partial charge is 0.317 e. The van der Waals surface area contributed by atoms with Crippen molar-refractivity contribution in [3.63, 3.8) is 0 Å². The number of rotatable bonds is 3. The summed E-state index contributed by atoms with van der Waals surface area (Å²) >= 11 is 0. The van der Waals surface area contributed by atoms with Crippen LogP contribution in [-0.4, -0.2) is 52.7 Å². The predicted molar refractivity (Wildman–Crippen MR) is 105 cm³/mol. The number of nitrogens with zero attached hydrogens (tertiary/aromatic N) is 3. The van der Waals surface area contributed by atoms with Gasteiger partial charge in [-0.3, -0.25) is 0 Å². The first-order chi connectivity index (χ1) is 13.1. The molecule has 2 aliphatic rings. The number of piperidine rings is 1. The van der Waals surface area contributed by atoms with Gasteiger partial charge in [0.05, 0.1) is 12.2 Å². The second-order valence-corrected chi connectivity index (χ2v) is 7.88. The van der Waals surface area contributed by atoms with Crippen molar-refractivity contribution in [1.82, 2.24) is 20.2 Å². The molecule has 2 aromatic heterocycles. The lowest BCUT2D eigenvalue weighted by Crippen LogP contribution is -2.46. The highest BCUT2D eigenvalue weighted by Gasteiger charge is 2.31. The van der Waals surface area contributed by atoms with Crippen LogP contribution in [0.2, 0.25) is 0 Å². The van der Waals surface area contributed by atoms with E-state index < -0.39 is 0 Å². The third-order valence-electron chi connectivity index (χ3n) is 5.95. The Morgan fingerprint density at radius 3 is 2.81 bits per heavy atom. The van der Waals surface area contributed by atoms with Gasteiger partial charge in [-0.25, -0.2) is 14.8 Å². The fraction of sp³-hybridized carbons (Fsp3) is 0.571. The molecule has 6 nitrogen and oxygen atoms in total. The Morgan fingerprint density at radius 1 is 1.26 bits per heavy atom. The molecule has 2 amide bonds. The SMILES string of the molecule is CC1CC(CNC(=O)N2CCC(c3ccc4cccnc4n3)CC2)C(C)O1. The standard InChI is InChI=1S/C21H28N4O2/c1-14-12-18(15(2)27-14)13-23-21(26)25-10-7-16(8-11-25)19-6-5-17-4-3-9-22-20(17)24-19/h3-6,9,14-16,18H,7-8,10-13H2,1-2H3,(H,23,26). The van der Waals surface area contributed by atoms with Crippen LogP contribution in [0.25, 0.3) is 11.0 Å². The van der Waals surface area contributed by atoms with Crippen molar-refractivity contribution in [2.75, 3.05) is 19.6 Å². The van der Waals surface area contributed by atoms with Crippen molar-refractivity contribution < 1.29 is 9.53 Å². The molecule has 3 atom stereocenters. The van der Waals surface area contributed by atoms with E-state index in [-0.39, 0.29) is 12.1 Å². The molecule has 0 aromatic carbocycles. The van der Waals surface area contributed by atoms with E-state index >= 15 is 0 Å². The number of fused-ring (bicyclic) bond motifs is 1. The van der Waals surface area contributed by atoms with Crippen molar-refractivity contribution >= 4 is 17.1 Å². The van der Waals surface area contributed by atoms with E-state index in [1.165, 1.54) is 0 Å². The lowest BCUT2D eigenvalue weighted by Gasteiger charge is -2.32. The van der Waals surface area contributed by atoms with Gasteiger partial charge in [0.15, 0.2) is 5.65 Å². The summed E-state index contributed by atoms with van der Waals surface area (Å²) in [7, 11) is 0. The summed E-state index contributed by atoms with van der Waals surface area (Å²) < 4.78 is 5.77. The van der Waals surface area contributed by atoms with Crippen molar-refractivity contribution in [2.24, 2.45) is 5.92 Å². The first-order valence-electron chi connectivity index (χ1n) is 10.00. The van der Waals surface area contributed by atoms with Crippen molar-refractivity contribution in [3.05, 3.63) is 36.2 Å². The van der Waals surface area contributed by atoms with Gasteiger partial charge in [0.1, 0.15) is 0 Å². The molecule has 4 heterocycles. The summed E-state index contributed by atoms with van der Waals surface area (Å²) in [6.07, 6.45) is 5.20. The molecule has 27 heavy (non-hydrogen) atoms. The number of ether oxygens (including phenoxy) is 1. The highest BCUT2D eigenvalue weighted by molar-refractivity contribution is 5.75. The molecule has 0 bridgehead atoms. The zero-order valence-corrected chi connectivity index (χ0v) is 16.1. The van der Waals surface area contributed by atoms with Gasteiger partial charge in [0.25, 0.3) is 0 Å². The van der Waals surface area contributed by atoms with Crippen molar-refractivity contribution in [2.45, 2.75) is 51.2 Å². The number of pyridine rings is 2. The normalized spacial score (nSPS) is 26.4. The highest BCUT2D eigenvalue weighted by atomic mass is 16.5. The molecule has 144 valence electrons. The molecular formula is C21H28N4O2. The van der Waals surface area contributed by atoms with E-state index in [1.54, 1.807) is 6.20 Å². The first-order valence-corrected chi connectivity index (χ1v) is 10.00. The number of carbonyl (C=O) groups is 1. The number of carbonyl (C=O) groups excluding carboxylic acids is 1. The maximum atomic E-state index is 12.5. The highest BCUT2D eigenvalue weighted by Crippen LogP contribution is 2.28. The van der Waals surface area contributed by atoms with Crippen LogP contribution in [0.15, 0.2) is 30.5 Å². The average Bonchev–Trinajstić information content (AvgIpc) is 3.03. The zero-order valence-electron chi connectivity index (χ0n) is 16.1. The number of hydrogen-bond donors (Lipinski definition) is 1. The molecule has 0 aliphatic carbocycles. The summed E-state index contributed by atoms with van der Waals surface area (Å²) in [5.74, 6) is 0.806. The fourth-order valence-corrected chi connectivity index (χ4v) is 4.30. The second-order valence-electron chi connectivity index (χ2n) is 7.88. The van der Waals surface area contributed by atoms with Gasteiger partial charge in [-0.1, -0.05) is 0 Å². The monoisotopic (exact) mass is 368 g/mol. The van der Waals surface area contributed by atoms with E-state index in [1.807, 2.05) is 17.0 Å². The second kappa shape index (κ2) is 7.80. The lowest BCUT2D eigenvalue weighted by atomic mass is 9.93. The minimum atomic E-state index is 0.0494. The number of nitrogens with one attached hydrogen (secondary N) is 1. The van der Waals surface area contributed by atoms with E-state index in [0.717, 1.165) is 49.1 Å². The van der Waals surface area contributed by atoms with Crippen LogP contribution >= 0.6 is 0 Å². The molecule has 3 unspecified atom stereocenters. The van der Waals surface area contributed by atoms with Gasteiger partial charge < -0.3 is 15.0 Å². The van der Waals surface area contributed by atoms with Crippen LogP contribution in [0.3, 0.4) is 0 Å². The number of likely N-dealkylation sites (tertiary alicyclic amines) is 1. The van der Waals surface area contributed by atoms with Crippen LogP contribution < -0.4 is 5.32 Å². The molecule has 0 saturated carbocycles. The maximum absolute atomic E-state index is 12.5. The van der Waals surface area contributed by atoms with E-state index in [4.69, 9.17) is 9.72 Å². The van der Waals surface area contributed by atoms with Crippen molar-refractivity contribution in [1.29, 1.82) is 0 Å². The Balaban J connectivity index is 1.29. The van der Waals surface area contributed by atoms with E-state index in [2.05, 4.69) is 36.3 Å². The third-order valence-corrected chi connectivity index (χ3v) is 5.95. The Morgan fingerprint density at radius 2 is 2.07 bits per heavy atom. The van der Waals surface area contributed by atoms with E-state index in [9.17, 15) is 4.79 Å². The van der Waals surface area contributed by atoms with Crippen molar-refractivity contribution in [3.8, 4) is 0 Å². The maximum Gasteiger partial charge on any atom is 0.317 e. The summed E-state index contributed by atoms with van der Waals surface area (Å²) in [5.41, 5.74) is 1.89. The van der Waals surface area contributed by atoms with Crippen LogP contribution in [0.1, 0.15) is 44.7 Å². The zero-order chi connectivity index (χ0) is 18.8. The third kappa shape index (κ3) is 4.05. The molecule has 2 aromatic rings. The largest absolute Gasteiger partial charge is 0.375 e. The number of urea groups is 1. The van der Waals surface area contributed by atoms with Crippen LogP contribution in [-0.2, 0) is 4.74 Å². The van der Waals surface area contributed by atoms with E-state index in [0.29, 0.717) is 24.5 Å². The Bertz CT molecular complexity index is 804. The summed E-state index contributed by atoms with van der Waals surface area (Å²) in [6, 6.07) is 8.21.